The molecule has 0 unspecified atom stereocenters. The summed E-state index contributed by atoms with van der Waals surface area (Å²) in [6, 6.07) is 13.3. The highest BCUT2D eigenvalue weighted by Gasteiger charge is 2.13. The number of benzene rings is 2. The summed E-state index contributed by atoms with van der Waals surface area (Å²) in [5.41, 5.74) is 4.89. The van der Waals surface area contributed by atoms with Gasteiger partial charge < -0.3 is 20.1 Å². The van der Waals surface area contributed by atoms with E-state index in [9.17, 15) is 4.79 Å². The summed E-state index contributed by atoms with van der Waals surface area (Å²) < 4.78 is 11.1. The molecule has 142 valence electrons. The van der Waals surface area contributed by atoms with Crippen molar-refractivity contribution >= 4 is 23.0 Å². The second-order valence-corrected chi connectivity index (χ2v) is 6.67. The summed E-state index contributed by atoms with van der Waals surface area (Å²) in [6.45, 7) is 5.04. The Balaban J connectivity index is 1.52. The molecule has 0 aliphatic carbocycles. The van der Waals surface area contributed by atoms with E-state index in [0.717, 1.165) is 28.3 Å². The fraction of sp³-hybridized carbons (Fsp3) is 0.182. The van der Waals surface area contributed by atoms with Crippen LogP contribution in [0.2, 0.25) is 0 Å². The molecule has 0 saturated heterocycles. The third kappa shape index (κ3) is 3.76. The van der Waals surface area contributed by atoms with Gasteiger partial charge >= 0.3 is 0 Å². The number of aryl methyl sites for hydroxylation is 2. The third-order valence-electron chi connectivity index (χ3n) is 4.55. The Kier molecular flexibility index (Phi) is 4.85. The molecule has 3 aromatic rings. The van der Waals surface area contributed by atoms with Crippen molar-refractivity contribution in [3.8, 4) is 11.5 Å². The minimum absolute atomic E-state index is 0.198. The Morgan fingerprint density at radius 3 is 2.46 bits per heavy atom. The van der Waals surface area contributed by atoms with E-state index in [1.54, 1.807) is 18.5 Å². The molecule has 6 nitrogen and oxygen atoms in total. The maximum Gasteiger partial charge on any atom is 0.257 e. The number of nitrogens with zero attached hydrogens (tertiary/aromatic N) is 1. The standard InChI is InChI=1S/C22H21N3O3/c1-14-4-3-5-15(2)21(14)25-22(26)16-10-18(13-23-12-16)24-17-6-7-19-20(11-17)28-9-8-27-19/h3-7,10-13,24H,8-9H2,1-2H3,(H,25,26). The molecule has 1 aromatic heterocycles. The third-order valence-corrected chi connectivity index (χ3v) is 4.55. The number of hydrogen-bond donors (Lipinski definition) is 2. The number of fused-ring (bicyclic) bond motifs is 1. The highest BCUT2D eigenvalue weighted by molar-refractivity contribution is 6.05. The number of carbonyl (C=O) groups excluding carboxylic acids is 1. The molecule has 2 N–H and O–H groups in total. The first-order chi connectivity index (χ1) is 13.6. The molecule has 28 heavy (non-hydrogen) atoms. The zero-order chi connectivity index (χ0) is 19.5. The Bertz CT molecular complexity index is 1010. The number of rotatable bonds is 4. The predicted octanol–water partition coefficient (Wildman–Crippen LogP) is 4.47. The Morgan fingerprint density at radius 2 is 1.68 bits per heavy atom. The van der Waals surface area contributed by atoms with Gasteiger partial charge in [0.2, 0.25) is 0 Å². The van der Waals surface area contributed by atoms with Crippen LogP contribution in [0.4, 0.5) is 17.1 Å². The molecule has 2 heterocycles. The summed E-state index contributed by atoms with van der Waals surface area (Å²) in [7, 11) is 0. The maximum atomic E-state index is 12.7. The van der Waals surface area contributed by atoms with Crippen molar-refractivity contribution in [3.05, 3.63) is 71.5 Å². The Morgan fingerprint density at radius 1 is 0.929 bits per heavy atom. The quantitative estimate of drug-likeness (QED) is 0.704. The molecular weight excluding hydrogens is 354 g/mol. The van der Waals surface area contributed by atoms with Crippen LogP contribution in [0.15, 0.2) is 54.9 Å². The van der Waals surface area contributed by atoms with Crippen LogP contribution in [0.5, 0.6) is 11.5 Å². The summed E-state index contributed by atoms with van der Waals surface area (Å²) in [5, 5.41) is 6.24. The van der Waals surface area contributed by atoms with E-state index in [-0.39, 0.29) is 5.91 Å². The topological polar surface area (TPSA) is 72.5 Å². The number of nitrogens with one attached hydrogen (secondary N) is 2. The molecule has 0 saturated carbocycles. The molecule has 6 heteroatoms. The fourth-order valence-corrected chi connectivity index (χ4v) is 3.12. The lowest BCUT2D eigenvalue weighted by atomic mass is 10.1. The van der Waals surface area contributed by atoms with Crippen molar-refractivity contribution in [1.82, 2.24) is 4.98 Å². The summed E-state index contributed by atoms with van der Waals surface area (Å²) in [4.78, 5) is 16.9. The van der Waals surface area contributed by atoms with E-state index in [2.05, 4.69) is 15.6 Å². The minimum atomic E-state index is -0.198. The highest BCUT2D eigenvalue weighted by Crippen LogP contribution is 2.33. The average Bonchev–Trinajstić information content (AvgIpc) is 2.71. The SMILES string of the molecule is Cc1cccc(C)c1NC(=O)c1cncc(Nc2ccc3c(c2)OCCO3)c1. The lowest BCUT2D eigenvalue weighted by Gasteiger charge is -2.19. The number of hydrogen-bond acceptors (Lipinski definition) is 5. The van der Waals surface area contributed by atoms with E-state index in [0.29, 0.717) is 30.2 Å². The van der Waals surface area contributed by atoms with Gasteiger partial charge in [0.1, 0.15) is 13.2 Å². The van der Waals surface area contributed by atoms with E-state index >= 15 is 0 Å². The summed E-state index contributed by atoms with van der Waals surface area (Å²) in [6.07, 6.45) is 3.23. The van der Waals surface area contributed by atoms with Crippen molar-refractivity contribution in [3.63, 3.8) is 0 Å². The van der Waals surface area contributed by atoms with Crippen LogP contribution in [-0.2, 0) is 0 Å². The largest absolute Gasteiger partial charge is 0.486 e. The van der Waals surface area contributed by atoms with Gasteiger partial charge in [-0.15, -0.1) is 0 Å². The number of aromatic nitrogens is 1. The fourth-order valence-electron chi connectivity index (χ4n) is 3.12. The van der Waals surface area contributed by atoms with Gasteiger partial charge in [-0.1, -0.05) is 18.2 Å². The number of amides is 1. The zero-order valence-corrected chi connectivity index (χ0v) is 15.8. The summed E-state index contributed by atoms with van der Waals surface area (Å²) in [5.74, 6) is 1.24. The van der Waals surface area contributed by atoms with Crippen molar-refractivity contribution < 1.29 is 14.3 Å². The van der Waals surface area contributed by atoms with Gasteiger partial charge in [0.25, 0.3) is 5.91 Å². The predicted molar refractivity (Wildman–Crippen MR) is 109 cm³/mol. The zero-order valence-electron chi connectivity index (χ0n) is 15.8. The molecule has 0 atom stereocenters. The van der Waals surface area contributed by atoms with E-state index in [1.165, 1.54) is 0 Å². The molecule has 2 aromatic carbocycles. The second-order valence-electron chi connectivity index (χ2n) is 6.67. The molecule has 0 bridgehead atoms. The van der Waals surface area contributed by atoms with Crippen molar-refractivity contribution in [2.75, 3.05) is 23.8 Å². The number of para-hydroxylation sites is 1. The van der Waals surface area contributed by atoms with Crippen LogP contribution in [0.1, 0.15) is 21.5 Å². The highest BCUT2D eigenvalue weighted by atomic mass is 16.6. The van der Waals surface area contributed by atoms with E-state index < -0.39 is 0 Å². The number of anilines is 3. The average molecular weight is 375 g/mol. The van der Waals surface area contributed by atoms with Gasteiger partial charge in [-0.05, 0) is 43.2 Å². The molecule has 0 spiro atoms. The van der Waals surface area contributed by atoms with Crippen molar-refractivity contribution in [1.29, 1.82) is 0 Å². The van der Waals surface area contributed by atoms with Crippen molar-refractivity contribution in [2.45, 2.75) is 13.8 Å². The summed E-state index contributed by atoms with van der Waals surface area (Å²) >= 11 is 0. The minimum Gasteiger partial charge on any atom is -0.486 e. The Labute approximate surface area is 163 Å². The molecule has 0 radical (unpaired) electrons. The monoisotopic (exact) mass is 375 g/mol. The van der Waals surface area contributed by atoms with Crippen LogP contribution < -0.4 is 20.1 Å². The number of carbonyl (C=O) groups is 1. The van der Waals surface area contributed by atoms with Crippen LogP contribution >= 0.6 is 0 Å². The van der Waals surface area contributed by atoms with Gasteiger partial charge in [-0.2, -0.15) is 0 Å². The second kappa shape index (κ2) is 7.60. The van der Waals surface area contributed by atoms with Gasteiger partial charge in [0.15, 0.2) is 11.5 Å². The van der Waals surface area contributed by atoms with Crippen LogP contribution in [0.25, 0.3) is 0 Å². The van der Waals surface area contributed by atoms with Crippen molar-refractivity contribution in [2.24, 2.45) is 0 Å². The normalized spacial score (nSPS) is 12.4. The van der Waals surface area contributed by atoms with Gasteiger partial charge in [0.05, 0.1) is 17.4 Å². The number of ether oxygens (including phenoxy) is 2. The van der Waals surface area contributed by atoms with Crippen LogP contribution in [0.3, 0.4) is 0 Å². The first kappa shape index (κ1) is 17.9. The lowest BCUT2D eigenvalue weighted by molar-refractivity contribution is 0.102. The first-order valence-electron chi connectivity index (χ1n) is 9.09. The van der Waals surface area contributed by atoms with Crippen LogP contribution in [0, 0.1) is 13.8 Å². The van der Waals surface area contributed by atoms with Crippen LogP contribution in [-0.4, -0.2) is 24.1 Å². The molecule has 1 amide bonds. The molecule has 4 rings (SSSR count). The van der Waals surface area contributed by atoms with Gasteiger partial charge in [-0.3, -0.25) is 9.78 Å². The molecule has 1 aliphatic heterocycles. The lowest BCUT2D eigenvalue weighted by Crippen LogP contribution is -2.15. The first-order valence-corrected chi connectivity index (χ1v) is 9.09. The molecule has 1 aliphatic rings. The van der Waals surface area contributed by atoms with Gasteiger partial charge in [-0.25, -0.2) is 0 Å². The maximum absolute atomic E-state index is 12.7. The van der Waals surface area contributed by atoms with E-state index in [1.807, 2.05) is 50.2 Å². The number of pyridine rings is 1. The molecule has 0 fully saturated rings. The smallest absolute Gasteiger partial charge is 0.257 e. The molecular formula is C22H21N3O3. The van der Waals surface area contributed by atoms with E-state index in [4.69, 9.17) is 9.47 Å². The van der Waals surface area contributed by atoms with Gasteiger partial charge in [0, 0.05) is 23.6 Å². The Hall–Kier alpha value is -3.54.